The zero-order chi connectivity index (χ0) is 17.0. The molecule has 1 aliphatic heterocycles. The molecule has 0 unspecified atom stereocenters. The summed E-state index contributed by atoms with van der Waals surface area (Å²) >= 11 is 5.94. The van der Waals surface area contributed by atoms with E-state index in [4.69, 9.17) is 16.3 Å². The number of sulfonamides is 1. The smallest absolute Gasteiger partial charge is 0.284 e. The molecule has 2 aromatic rings. The Morgan fingerprint density at radius 2 is 1.62 bits per heavy atom. The molecule has 1 aliphatic rings. The first-order valence-corrected chi connectivity index (χ1v) is 9.37. The zero-order valence-corrected chi connectivity index (χ0v) is 14.5. The molecule has 24 heavy (non-hydrogen) atoms. The normalized spacial score (nSPS) is 16.2. The summed E-state index contributed by atoms with van der Waals surface area (Å²) in [5, 5.41) is 0.589. The summed E-state index contributed by atoms with van der Waals surface area (Å²) in [5.74, 6) is 0.416. The Morgan fingerprint density at radius 1 is 1.00 bits per heavy atom. The predicted octanol–water partition coefficient (Wildman–Crippen LogP) is 2.81. The predicted molar refractivity (Wildman–Crippen MR) is 94.0 cm³/mol. The van der Waals surface area contributed by atoms with Crippen LogP contribution in [-0.2, 0) is 14.8 Å². The first-order chi connectivity index (χ1) is 11.6. The van der Waals surface area contributed by atoms with E-state index in [1.54, 1.807) is 42.5 Å². The van der Waals surface area contributed by atoms with Crippen molar-refractivity contribution in [2.45, 2.75) is 4.90 Å². The molecule has 0 aliphatic carbocycles. The molecule has 0 radical (unpaired) electrons. The number of rotatable bonds is 3. The standard InChI is InChI=1S/C17H17ClN2O3S/c18-15-8-6-14(7-9-15)17(20-10-12-23-13-11-20)19-24(21,22)16-4-2-1-3-5-16/h1-9H,10-13H2. The highest BCUT2D eigenvalue weighted by Crippen LogP contribution is 2.18. The summed E-state index contributed by atoms with van der Waals surface area (Å²) in [5.41, 5.74) is 0.709. The summed E-state index contributed by atoms with van der Waals surface area (Å²) in [6.45, 7) is 2.26. The van der Waals surface area contributed by atoms with Crippen molar-refractivity contribution >= 4 is 27.5 Å². The molecule has 1 saturated heterocycles. The molecule has 1 heterocycles. The van der Waals surface area contributed by atoms with Gasteiger partial charge in [-0.25, -0.2) is 0 Å². The van der Waals surface area contributed by atoms with Crippen molar-refractivity contribution in [2.75, 3.05) is 26.3 Å². The van der Waals surface area contributed by atoms with E-state index in [9.17, 15) is 8.42 Å². The van der Waals surface area contributed by atoms with Crippen LogP contribution in [0.5, 0.6) is 0 Å². The Balaban J connectivity index is 2.05. The third-order valence-corrected chi connectivity index (χ3v) is 5.19. The van der Waals surface area contributed by atoms with Gasteiger partial charge in [0.05, 0.1) is 18.1 Å². The maximum Gasteiger partial charge on any atom is 0.284 e. The molecule has 0 saturated carbocycles. The minimum atomic E-state index is -3.79. The molecule has 0 aromatic heterocycles. The van der Waals surface area contributed by atoms with Crippen molar-refractivity contribution in [2.24, 2.45) is 4.40 Å². The maximum absolute atomic E-state index is 12.7. The first-order valence-electron chi connectivity index (χ1n) is 7.55. The Morgan fingerprint density at radius 3 is 2.25 bits per heavy atom. The van der Waals surface area contributed by atoms with Gasteiger partial charge in [0.2, 0.25) is 0 Å². The van der Waals surface area contributed by atoms with Crippen LogP contribution in [0.25, 0.3) is 0 Å². The van der Waals surface area contributed by atoms with E-state index in [-0.39, 0.29) is 4.90 Å². The topological polar surface area (TPSA) is 59.0 Å². The Kier molecular flexibility index (Phi) is 5.18. The number of morpholine rings is 1. The van der Waals surface area contributed by atoms with Crippen LogP contribution in [0.4, 0.5) is 0 Å². The summed E-state index contributed by atoms with van der Waals surface area (Å²) in [6, 6.07) is 15.2. The van der Waals surface area contributed by atoms with Gasteiger partial charge in [0, 0.05) is 23.7 Å². The molecule has 2 aromatic carbocycles. The van der Waals surface area contributed by atoms with E-state index in [0.29, 0.717) is 42.7 Å². The van der Waals surface area contributed by atoms with Crippen molar-refractivity contribution in [1.82, 2.24) is 4.90 Å². The van der Waals surface area contributed by atoms with Crippen LogP contribution in [0, 0.1) is 0 Å². The van der Waals surface area contributed by atoms with Gasteiger partial charge < -0.3 is 9.64 Å². The highest BCUT2D eigenvalue weighted by atomic mass is 35.5. The van der Waals surface area contributed by atoms with E-state index in [2.05, 4.69) is 4.40 Å². The average Bonchev–Trinajstić information content (AvgIpc) is 2.62. The van der Waals surface area contributed by atoms with E-state index in [1.165, 1.54) is 12.1 Å². The fraction of sp³-hybridized carbons (Fsp3) is 0.235. The molecular weight excluding hydrogens is 348 g/mol. The summed E-state index contributed by atoms with van der Waals surface area (Å²) in [7, 11) is -3.79. The van der Waals surface area contributed by atoms with Crippen molar-refractivity contribution < 1.29 is 13.2 Å². The van der Waals surface area contributed by atoms with Gasteiger partial charge >= 0.3 is 0 Å². The van der Waals surface area contributed by atoms with E-state index >= 15 is 0 Å². The van der Waals surface area contributed by atoms with Gasteiger partial charge in [0.15, 0.2) is 0 Å². The van der Waals surface area contributed by atoms with Crippen molar-refractivity contribution in [3.8, 4) is 0 Å². The lowest BCUT2D eigenvalue weighted by Gasteiger charge is -2.29. The lowest BCUT2D eigenvalue weighted by molar-refractivity contribution is 0.0683. The molecule has 0 atom stereocenters. The minimum absolute atomic E-state index is 0.171. The van der Waals surface area contributed by atoms with Crippen molar-refractivity contribution in [3.63, 3.8) is 0 Å². The SMILES string of the molecule is O=S(=O)(N=C(c1ccc(Cl)cc1)N1CCOCC1)c1ccccc1. The van der Waals surface area contributed by atoms with Gasteiger partial charge in [0.1, 0.15) is 5.84 Å². The molecule has 0 amide bonds. The van der Waals surface area contributed by atoms with Crippen LogP contribution in [0.1, 0.15) is 5.56 Å². The van der Waals surface area contributed by atoms with Crippen molar-refractivity contribution in [3.05, 3.63) is 65.2 Å². The number of ether oxygens (including phenoxy) is 1. The lowest BCUT2D eigenvalue weighted by Crippen LogP contribution is -2.41. The van der Waals surface area contributed by atoms with Gasteiger partial charge in [-0.15, -0.1) is 4.40 Å². The maximum atomic E-state index is 12.7. The number of hydrogen-bond acceptors (Lipinski definition) is 3. The van der Waals surface area contributed by atoms with Crippen LogP contribution in [-0.4, -0.2) is 45.5 Å². The second kappa shape index (κ2) is 7.34. The second-order valence-corrected chi connectivity index (χ2v) is 7.35. The fourth-order valence-corrected chi connectivity index (χ4v) is 3.61. The Labute approximate surface area is 146 Å². The first kappa shape index (κ1) is 17.0. The van der Waals surface area contributed by atoms with E-state index < -0.39 is 10.0 Å². The molecule has 3 rings (SSSR count). The van der Waals surface area contributed by atoms with Gasteiger partial charge in [-0.3, -0.25) is 0 Å². The lowest BCUT2D eigenvalue weighted by atomic mass is 10.2. The highest BCUT2D eigenvalue weighted by molar-refractivity contribution is 7.90. The van der Waals surface area contributed by atoms with Gasteiger partial charge in [-0.05, 0) is 36.4 Å². The molecule has 0 spiro atoms. The molecule has 1 fully saturated rings. The molecule has 126 valence electrons. The number of amidine groups is 1. The zero-order valence-electron chi connectivity index (χ0n) is 12.9. The third kappa shape index (κ3) is 3.95. The van der Waals surface area contributed by atoms with E-state index in [1.807, 2.05) is 4.90 Å². The molecule has 0 N–H and O–H groups in total. The minimum Gasteiger partial charge on any atom is -0.378 e. The monoisotopic (exact) mass is 364 g/mol. The quantitative estimate of drug-likeness (QED) is 0.620. The molecular formula is C17H17ClN2O3S. The van der Waals surface area contributed by atoms with Crippen molar-refractivity contribution in [1.29, 1.82) is 0 Å². The molecule has 7 heteroatoms. The van der Waals surface area contributed by atoms with Gasteiger partial charge in [-0.1, -0.05) is 29.8 Å². The van der Waals surface area contributed by atoms with Crippen LogP contribution in [0.15, 0.2) is 63.9 Å². The third-order valence-electron chi connectivity index (χ3n) is 3.66. The van der Waals surface area contributed by atoms with E-state index in [0.717, 1.165) is 0 Å². The van der Waals surface area contributed by atoms with Crippen LogP contribution in [0.3, 0.4) is 0 Å². The summed E-state index contributed by atoms with van der Waals surface area (Å²) in [6.07, 6.45) is 0. The Hall–Kier alpha value is -1.89. The van der Waals surface area contributed by atoms with Crippen LogP contribution >= 0.6 is 11.6 Å². The van der Waals surface area contributed by atoms with Gasteiger partial charge in [0.25, 0.3) is 10.0 Å². The largest absolute Gasteiger partial charge is 0.378 e. The Bertz CT molecular complexity index is 815. The number of halogens is 1. The molecule has 5 nitrogen and oxygen atoms in total. The summed E-state index contributed by atoms with van der Waals surface area (Å²) < 4.78 is 34.8. The van der Waals surface area contributed by atoms with Crippen LogP contribution in [0.2, 0.25) is 5.02 Å². The second-order valence-electron chi connectivity index (χ2n) is 5.31. The molecule has 0 bridgehead atoms. The van der Waals surface area contributed by atoms with Gasteiger partial charge in [-0.2, -0.15) is 8.42 Å². The fourth-order valence-electron chi connectivity index (χ4n) is 2.43. The number of nitrogens with zero attached hydrogens (tertiary/aromatic N) is 2. The summed E-state index contributed by atoms with van der Waals surface area (Å²) in [4.78, 5) is 2.09. The highest BCUT2D eigenvalue weighted by Gasteiger charge is 2.21. The van der Waals surface area contributed by atoms with Crippen LogP contribution < -0.4 is 0 Å². The number of hydrogen-bond donors (Lipinski definition) is 0. The number of benzene rings is 2. The average molecular weight is 365 g/mol.